The number of methoxy groups -OCH3 is 1. The number of carbonyl (C=O) groups excluding carboxylic acids is 2. The molecule has 1 aromatic heterocycles. The van der Waals surface area contributed by atoms with Gasteiger partial charge in [0.25, 0.3) is 11.7 Å². The number of ether oxygens (including phenoxy) is 1. The Balaban J connectivity index is 1.48. The molecule has 2 N–H and O–H groups in total. The fourth-order valence-corrected chi connectivity index (χ4v) is 3.63. The summed E-state index contributed by atoms with van der Waals surface area (Å²) in [7, 11) is 1.57. The lowest BCUT2D eigenvalue weighted by atomic mass is 10.1. The van der Waals surface area contributed by atoms with Gasteiger partial charge in [-0.25, -0.2) is 0 Å². The van der Waals surface area contributed by atoms with Gasteiger partial charge < -0.3 is 19.9 Å². The standard InChI is InChI=1S/C22H23N3O3/c1-28-17-9-10-20-18(13-17)19(14-23-20)21(26)22(27)24-15-5-7-16(8-6-15)25-11-3-2-4-12-25/h5-10,13-14,23H,2-4,11-12H2,1H3,(H,24,27). The van der Waals surface area contributed by atoms with E-state index in [1.807, 2.05) is 30.3 Å². The van der Waals surface area contributed by atoms with Crippen molar-refractivity contribution in [3.05, 3.63) is 54.2 Å². The number of nitrogens with zero attached hydrogens (tertiary/aromatic N) is 1. The highest BCUT2D eigenvalue weighted by atomic mass is 16.5. The van der Waals surface area contributed by atoms with E-state index in [0.717, 1.165) is 24.3 Å². The number of aromatic amines is 1. The van der Waals surface area contributed by atoms with Gasteiger partial charge in [-0.05, 0) is 61.7 Å². The molecule has 6 nitrogen and oxygen atoms in total. The predicted molar refractivity (Wildman–Crippen MR) is 110 cm³/mol. The fourth-order valence-electron chi connectivity index (χ4n) is 3.63. The van der Waals surface area contributed by atoms with Gasteiger partial charge in [-0.3, -0.25) is 9.59 Å². The zero-order chi connectivity index (χ0) is 19.5. The van der Waals surface area contributed by atoms with Gasteiger partial charge in [-0.2, -0.15) is 0 Å². The van der Waals surface area contributed by atoms with E-state index in [-0.39, 0.29) is 0 Å². The smallest absolute Gasteiger partial charge is 0.296 e. The molecular weight excluding hydrogens is 354 g/mol. The number of aromatic nitrogens is 1. The Morgan fingerprint density at radius 3 is 2.50 bits per heavy atom. The molecule has 0 atom stereocenters. The second-order valence-electron chi connectivity index (χ2n) is 6.99. The molecule has 28 heavy (non-hydrogen) atoms. The van der Waals surface area contributed by atoms with Crippen LogP contribution < -0.4 is 15.0 Å². The first-order valence-corrected chi connectivity index (χ1v) is 9.51. The van der Waals surface area contributed by atoms with Crippen LogP contribution in [0.15, 0.2) is 48.7 Å². The summed E-state index contributed by atoms with van der Waals surface area (Å²) in [5.41, 5.74) is 2.86. The van der Waals surface area contributed by atoms with Gasteiger partial charge in [0.05, 0.1) is 12.7 Å². The second kappa shape index (κ2) is 7.76. The molecule has 144 valence electrons. The molecular formula is C22H23N3O3. The summed E-state index contributed by atoms with van der Waals surface area (Å²) >= 11 is 0. The van der Waals surface area contributed by atoms with Crippen LogP contribution in [-0.4, -0.2) is 36.9 Å². The predicted octanol–water partition coefficient (Wildman–Crippen LogP) is 3.99. The van der Waals surface area contributed by atoms with E-state index in [1.54, 1.807) is 25.4 Å². The molecule has 0 spiro atoms. The normalized spacial score (nSPS) is 14.1. The molecule has 0 saturated carbocycles. The SMILES string of the molecule is COc1ccc2[nH]cc(C(=O)C(=O)Nc3ccc(N4CCCCC4)cc3)c2c1. The minimum absolute atomic E-state index is 0.330. The maximum absolute atomic E-state index is 12.7. The van der Waals surface area contributed by atoms with E-state index in [9.17, 15) is 9.59 Å². The number of piperidine rings is 1. The Kier molecular flexibility index (Phi) is 5.02. The van der Waals surface area contributed by atoms with Crippen molar-refractivity contribution in [3.8, 4) is 5.75 Å². The summed E-state index contributed by atoms with van der Waals surface area (Å²) < 4.78 is 5.21. The number of benzene rings is 2. The van der Waals surface area contributed by atoms with Crippen LogP contribution in [0, 0.1) is 0 Å². The van der Waals surface area contributed by atoms with E-state index in [0.29, 0.717) is 22.4 Å². The van der Waals surface area contributed by atoms with Crippen molar-refractivity contribution in [2.75, 3.05) is 30.4 Å². The third-order valence-corrected chi connectivity index (χ3v) is 5.19. The minimum Gasteiger partial charge on any atom is -0.497 e. The largest absolute Gasteiger partial charge is 0.497 e. The number of hydrogen-bond donors (Lipinski definition) is 2. The number of fused-ring (bicyclic) bond motifs is 1. The highest BCUT2D eigenvalue weighted by Crippen LogP contribution is 2.25. The van der Waals surface area contributed by atoms with Gasteiger partial charge in [-0.1, -0.05) is 0 Å². The van der Waals surface area contributed by atoms with Gasteiger partial charge in [0.1, 0.15) is 5.75 Å². The highest BCUT2D eigenvalue weighted by Gasteiger charge is 2.20. The van der Waals surface area contributed by atoms with Crippen LogP contribution in [0.4, 0.5) is 11.4 Å². The zero-order valence-corrected chi connectivity index (χ0v) is 15.8. The van der Waals surface area contributed by atoms with Gasteiger partial charge in [-0.15, -0.1) is 0 Å². The van der Waals surface area contributed by atoms with Crippen LogP contribution in [0.1, 0.15) is 29.6 Å². The summed E-state index contributed by atoms with van der Waals surface area (Å²) in [5.74, 6) is -0.607. The lowest BCUT2D eigenvalue weighted by Crippen LogP contribution is -2.29. The molecule has 1 amide bonds. The molecule has 0 unspecified atom stereocenters. The summed E-state index contributed by atoms with van der Waals surface area (Å²) in [6.07, 6.45) is 5.27. The molecule has 1 fully saturated rings. The van der Waals surface area contributed by atoms with E-state index in [4.69, 9.17) is 4.74 Å². The number of Topliss-reactive ketones (excluding diaryl/α,β-unsaturated/α-hetero) is 1. The Morgan fingerprint density at radius 2 is 1.79 bits per heavy atom. The van der Waals surface area contributed by atoms with E-state index < -0.39 is 11.7 Å². The van der Waals surface area contributed by atoms with Crippen molar-refractivity contribution in [2.24, 2.45) is 0 Å². The zero-order valence-electron chi connectivity index (χ0n) is 15.8. The van der Waals surface area contributed by atoms with E-state index in [2.05, 4.69) is 15.2 Å². The Bertz CT molecular complexity index is 1000. The van der Waals surface area contributed by atoms with Crippen molar-refractivity contribution >= 4 is 34.0 Å². The highest BCUT2D eigenvalue weighted by molar-refractivity contribution is 6.48. The molecule has 2 heterocycles. The van der Waals surface area contributed by atoms with Gasteiger partial charge >= 0.3 is 0 Å². The lowest BCUT2D eigenvalue weighted by Gasteiger charge is -2.28. The number of amides is 1. The molecule has 0 radical (unpaired) electrons. The molecule has 1 aliphatic heterocycles. The Labute approximate surface area is 163 Å². The summed E-state index contributed by atoms with van der Waals surface area (Å²) in [6, 6.07) is 13.0. The number of ketones is 1. The number of anilines is 2. The van der Waals surface area contributed by atoms with Crippen LogP contribution in [0.5, 0.6) is 5.75 Å². The van der Waals surface area contributed by atoms with Crippen molar-refractivity contribution in [1.82, 2.24) is 4.98 Å². The average molecular weight is 377 g/mol. The minimum atomic E-state index is -0.658. The van der Waals surface area contributed by atoms with Crippen molar-refractivity contribution < 1.29 is 14.3 Å². The first kappa shape index (κ1) is 18.1. The number of hydrogen-bond acceptors (Lipinski definition) is 4. The number of carbonyl (C=O) groups is 2. The molecule has 1 saturated heterocycles. The van der Waals surface area contributed by atoms with Crippen LogP contribution in [0.2, 0.25) is 0 Å². The molecule has 0 bridgehead atoms. The molecule has 0 aliphatic carbocycles. The first-order chi connectivity index (χ1) is 13.7. The molecule has 6 heteroatoms. The number of nitrogens with one attached hydrogen (secondary N) is 2. The summed E-state index contributed by atoms with van der Waals surface area (Å²) in [6.45, 7) is 2.13. The summed E-state index contributed by atoms with van der Waals surface area (Å²) in [4.78, 5) is 30.5. The lowest BCUT2D eigenvalue weighted by molar-refractivity contribution is -0.112. The topological polar surface area (TPSA) is 74.4 Å². The maximum atomic E-state index is 12.7. The van der Waals surface area contributed by atoms with E-state index in [1.165, 1.54) is 19.3 Å². The molecule has 1 aliphatic rings. The number of rotatable bonds is 5. The van der Waals surface area contributed by atoms with Crippen LogP contribution in [-0.2, 0) is 4.79 Å². The van der Waals surface area contributed by atoms with Crippen molar-refractivity contribution in [2.45, 2.75) is 19.3 Å². The van der Waals surface area contributed by atoms with Gasteiger partial charge in [0.2, 0.25) is 0 Å². The van der Waals surface area contributed by atoms with Crippen molar-refractivity contribution in [3.63, 3.8) is 0 Å². The quantitative estimate of drug-likeness (QED) is 0.521. The van der Waals surface area contributed by atoms with Crippen LogP contribution in [0.25, 0.3) is 10.9 Å². The number of H-pyrrole nitrogens is 1. The Hall–Kier alpha value is -3.28. The summed E-state index contributed by atoms with van der Waals surface area (Å²) in [5, 5.41) is 3.37. The van der Waals surface area contributed by atoms with Crippen LogP contribution in [0.3, 0.4) is 0 Å². The monoisotopic (exact) mass is 377 g/mol. The maximum Gasteiger partial charge on any atom is 0.296 e. The third-order valence-electron chi connectivity index (χ3n) is 5.19. The van der Waals surface area contributed by atoms with Gasteiger partial charge in [0.15, 0.2) is 0 Å². The first-order valence-electron chi connectivity index (χ1n) is 9.51. The fraction of sp³-hybridized carbons (Fsp3) is 0.273. The Morgan fingerprint density at radius 1 is 1.04 bits per heavy atom. The second-order valence-corrected chi connectivity index (χ2v) is 6.99. The third kappa shape index (κ3) is 3.58. The molecule has 4 rings (SSSR count). The van der Waals surface area contributed by atoms with E-state index >= 15 is 0 Å². The molecule has 2 aromatic carbocycles. The average Bonchev–Trinajstić information content (AvgIpc) is 3.17. The van der Waals surface area contributed by atoms with Crippen molar-refractivity contribution in [1.29, 1.82) is 0 Å². The van der Waals surface area contributed by atoms with Crippen LogP contribution >= 0.6 is 0 Å². The molecule has 3 aromatic rings. The van der Waals surface area contributed by atoms with Gasteiger partial charge in [0, 0.05) is 41.6 Å².